The first kappa shape index (κ1) is 15.2. The minimum atomic E-state index is -0.0391. The number of hydrogen-bond donors (Lipinski definition) is 1. The van der Waals surface area contributed by atoms with Crippen LogP contribution in [0.2, 0.25) is 0 Å². The Labute approximate surface area is 134 Å². The predicted octanol–water partition coefficient (Wildman–Crippen LogP) is 1.96. The summed E-state index contributed by atoms with van der Waals surface area (Å²) in [7, 11) is 3.64. The highest BCUT2D eigenvalue weighted by atomic mass is 32.1. The van der Waals surface area contributed by atoms with Gasteiger partial charge in [0.05, 0.1) is 17.1 Å². The van der Waals surface area contributed by atoms with Gasteiger partial charge in [-0.15, -0.1) is 5.10 Å². The van der Waals surface area contributed by atoms with E-state index in [0.29, 0.717) is 11.7 Å². The van der Waals surface area contributed by atoms with Crippen molar-refractivity contribution < 1.29 is 4.79 Å². The molecule has 1 unspecified atom stereocenters. The van der Waals surface area contributed by atoms with Crippen LogP contribution in [0.3, 0.4) is 0 Å². The molecule has 1 N–H and O–H groups in total. The Hall–Kier alpha value is -1.73. The van der Waals surface area contributed by atoms with Gasteiger partial charge in [-0.05, 0) is 43.1 Å². The van der Waals surface area contributed by atoms with Gasteiger partial charge in [0.2, 0.25) is 0 Å². The van der Waals surface area contributed by atoms with E-state index in [1.54, 1.807) is 7.05 Å². The minimum absolute atomic E-state index is 0.0391. The number of piperidine rings is 1. The van der Waals surface area contributed by atoms with Gasteiger partial charge in [-0.3, -0.25) is 9.69 Å². The smallest absolute Gasteiger partial charge is 0.267 e. The molecule has 0 saturated carbocycles. The van der Waals surface area contributed by atoms with Crippen molar-refractivity contribution in [3.05, 3.63) is 34.6 Å². The maximum absolute atomic E-state index is 11.9. The molecule has 2 aromatic heterocycles. The lowest BCUT2D eigenvalue weighted by Crippen LogP contribution is -2.34. The van der Waals surface area contributed by atoms with Crippen LogP contribution in [0, 0.1) is 0 Å². The van der Waals surface area contributed by atoms with E-state index in [0.717, 1.165) is 19.5 Å². The molecule has 1 atom stereocenters. The molecule has 0 spiro atoms. The zero-order chi connectivity index (χ0) is 15.5. The summed E-state index contributed by atoms with van der Waals surface area (Å²) in [6.07, 6.45) is 5.41. The summed E-state index contributed by atoms with van der Waals surface area (Å²) >= 11 is 1.46. The zero-order valence-corrected chi connectivity index (χ0v) is 13.8. The summed E-state index contributed by atoms with van der Waals surface area (Å²) in [6, 6.07) is 4.34. The summed E-state index contributed by atoms with van der Waals surface area (Å²) in [5, 5.41) is 6.62. The summed E-state index contributed by atoms with van der Waals surface area (Å²) in [6.45, 7) is 1.95. The normalized spacial score (nSPS) is 19.3. The van der Waals surface area contributed by atoms with Gasteiger partial charge in [0.25, 0.3) is 5.91 Å². The van der Waals surface area contributed by atoms with Gasteiger partial charge in [-0.1, -0.05) is 10.9 Å². The molecule has 2 aromatic rings. The first-order valence-corrected chi connectivity index (χ1v) is 8.36. The Morgan fingerprint density at radius 2 is 2.32 bits per heavy atom. The average Bonchev–Trinajstić information content (AvgIpc) is 3.17. The van der Waals surface area contributed by atoms with E-state index < -0.39 is 0 Å². The van der Waals surface area contributed by atoms with Gasteiger partial charge in [0.1, 0.15) is 5.69 Å². The molecule has 1 saturated heterocycles. The third-order valence-corrected chi connectivity index (χ3v) is 4.99. The average molecular weight is 319 g/mol. The van der Waals surface area contributed by atoms with E-state index in [-0.39, 0.29) is 5.91 Å². The van der Waals surface area contributed by atoms with E-state index in [9.17, 15) is 4.79 Å². The zero-order valence-electron chi connectivity index (χ0n) is 13.0. The maximum atomic E-state index is 11.9. The topological polar surface area (TPSA) is 63.1 Å². The summed E-state index contributed by atoms with van der Waals surface area (Å²) < 4.78 is 5.97. The van der Waals surface area contributed by atoms with Crippen molar-refractivity contribution in [3.8, 4) is 0 Å². The number of likely N-dealkylation sites (tertiary alicyclic amines) is 1. The van der Waals surface area contributed by atoms with Crippen LogP contribution >= 0.6 is 11.5 Å². The van der Waals surface area contributed by atoms with Gasteiger partial charge in [-0.25, -0.2) is 0 Å². The fourth-order valence-electron chi connectivity index (χ4n) is 3.19. The lowest BCUT2D eigenvalue weighted by atomic mass is 9.99. The van der Waals surface area contributed by atoms with Gasteiger partial charge < -0.3 is 9.88 Å². The number of aromatic nitrogens is 3. The van der Waals surface area contributed by atoms with Crippen molar-refractivity contribution in [3.63, 3.8) is 0 Å². The lowest BCUT2D eigenvalue weighted by molar-refractivity contribution is 0.0952. The molecule has 1 fully saturated rings. The quantitative estimate of drug-likeness (QED) is 0.936. The van der Waals surface area contributed by atoms with Gasteiger partial charge in [0, 0.05) is 26.3 Å². The van der Waals surface area contributed by atoms with E-state index in [1.165, 1.54) is 34.9 Å². The molecule has 0 bridgehead atoms. The molecular weight excluding hydrogens is 298 g/mol. The van der Waals surface area contributed by atoms with E-state index in [1.807, 2.05) is 23.9 Å². The number of hydrogen-bond acceptors (Lipinski definition) is 5. The Morgan fingerprint density at radius 3 is 3.05 bits per heavy atom. The van der Waals surface area contributed by atoms with Crippen LogP contribution in [0.5, 0.6) is 0 Å². The number of carbonyl (C=O) groups excluding carboxylic acids is 1. The first-order valence-electron chi connectivity index (χ1n) is 7.58. The number of carbonyl (C=O) groups is 1. The highest BCUT2D eigenvalue weighted by Gasteiger charge is 2.27. The van der Waals surface area contributed by atoms with E-state index in [4.69, 9.17) is 0 Å². The Balaban J connectivity index is 1.84. The van der Waals surface area contributed by atoms with Crippen LogP contribution in [0.15, 0.2) is 18.3 Å². The largest absolute Gasteiger partial charge is 0.354 e. The van der Waals surface area contributed by atoms with E-state index in [2.05, 4.69) is 25.9 Å². The third kappa shape index (κ3) is 2.91. The predicted molar refractivity (Wildman–Crippen MR) is 85.7 cm³/mol. The van der Waals surface area contributed by atoms with Crippen molar-refractivity contribution in [2.75, 3.05) is 13.6 Å². The monoisotopic (exact) mass is 319 g/mol. The molecule has 0 radical (unpaired) electrons. The van der Waals surface area contributed by atoms with Gasteiger partial charge in [-0.2, -0.15) is 0 Å². The number of nitrogens with zero attached hydrogens (tertiary/aromatic N) is 4. The molecule has 1 aliphatic heterocycles. The second-order valence-corrected chi connectivity index (χ2v) is 6.52. The molecule has 22 heavy (non-hydrogen) atoms. The standard InChI is InChI=1S/C15H21N5OS/c1-16-15(21)14-7-6-12(19(14)2)13-5-3-4-8-20(13)10-11-9-17-18-22-11/h6-7,9,13H,3-5,8,10H2,1-2H3,(H,16,21). The molecule has 1 amide bonds. The van der Waals surface area contributed by atoms with E-state index >= 15 is 0 Å². The fraction of sp³-hybridized carbons (Fsp3) is 0.533. The van der Waals surface area contributed by atoms with Crippen LogP contribution in [0.1, 0.15) is 46.4 Å². The molecule has 1 aliphatic rings. The van der Waals surface area contributed by atoms with Crippen molar-refractivity contribution in [1.29, 1.82) is 0 Å². The third-order valence-electron chi connectivity index (χ3n) is 4.34. The molecule has 0 aliphatic carbocycles. The summed E-state index contributed by atoms with van der Waals surface area (Å²) in [5.41, 5.74) is 1.92. The van der Waals surface area contributed by atoms with Gasteiger partial charge >= 0.3 is 0 Å². The first-order chi connectivity index (χ1) is 10.7. The summed E-state index contributed by atoms with van der Waals surface area (Å²) in [4.78, 5) is 15.6. The molecule has 3 heterocycles. The molecule has 7 heteroatoms. The Kier molecular flexibility index (Phi) is 4.54. The lowest BCUT2D eigenvalue weighted by Gasteiger charge is -2.35. The highest BCUT2D eigenvalue weighted by Crippen LogP contribution is 2.33. The minimum Gasteiger partial charge on any atom is -0.354 e. The number of amides is 1. The molecular formula is C15H21N5OS. The highest BCUT2D eigenvalue weighted by molar-refractivity contribution is 7.05. The number of rotatable bonds is 4. The number of nitrogens with one attached hydrogen (secondary N) is 1. The molecule has 0 aromatic carbocycles. The second kappa shape index (κ2) is 6.58. The van der Waals surface area contributed by atoms with Crippen molar-refractivity contribution >= 4 is 17.4 Å². The second-order valence-electron chi connectivity index (χ2n) is 5.65. The summed E-state index contributed by atoms with van der Waals surface area (Å²) in [5.74, 6) is -0.0391. The van der Waals surface area contributed by atoms with Crippen LogP contribution in [0.25, 0.3) is 0 Å². The van der Waals surface area contributed by atoms with Crippen LogP contribution in [-0.4, -0.2) is 38.6 Å². The van der Waals surface area contributed by atoms with Crippen molar-refractivity contribution in [1.82, 2.24) is 24.4 Å². The van der Waals surface area contributed by atoms with Crippen molar-refractivity contribution in [2.45, 2.75) is 31.8 Å². The maximum Gasteiger partial charge on any atom is 0.267 e. The van der Waals surface area contributed by atoms with Crippen LogP contribution < -0.4 is 5.32 Å². The Morgan fingerprint density at radius 1 is 1.45 bits per heavy atom. The Bertz CT molecular complexity index is 636. The molecule has 6 nitrogen and oxygen atoms in total. The van der Waals surface area contributed by atoms with Gasteiger partial charge in [0.15, 0.2) is 0 Å². The van der Waals surface area contributed by atoms with Crippen LogP contribution in [-0.2, 0) is 13.6 Å². The fourth-order valence-corrected chi connectivity index (χ4v) is 3.71. The molecule has 118 valence electrons. The van der Waals surface area contributed by atoms with Crippen LogP contribution in [0.4, 0.5) is 0 Å². The van der Waals surface area contributed by atoms with Crippen molar-refractivity contribution in [2.24, 2.45) is 7.05 Å². The molecule has 3 rings (SSSR count). The SMILES string of the molecule is CNC(=O)c1ccc(C2CCCCN2Cc2cnns2)n1C.